The number of amides is 1. The van der Waals surface area contributed by atoms with Gasteiger partial charge in [-0.25, -0.2) is 4.79 Å². The van der Waals surface area contributed by atoms with Crippen molar-refractivity contribution in [3.8, 4) is 16.9 Å². The Balaban J connectivity index is 1.32. The summed E-state index contributed by atoms with van der Waals surface area (Å²) in [5, 5.41) is 2.86. The molecule has 0 bridgehead atoms. The molecular weight excluding hydrogens is 390 g/mol. The molecule has 0 spiro atoms. The minimum atomic E-state index is -0.944. The summed E-state index contributed by atoms with van der Waals surface area (Å²) in [6.45, 7) is 1.31. The molecule has 1 aliphatic rings. The zero-order chi connectivity index (χ0) is 21.6. The maximum atomic E-state index is 12.6. The quantitative estimate of drug-likeness (QED) is 0.564. The summed E-state index contributed by atoms with van der Waals surface area (Å²) in [5.41, 5.74) is 5.17. The number of carbonyl (C=O) groups is 2. The molecule has 0 saturated heterocycles. The molecule has 31 heavy (non-hydrogen) atoms. The molecule has 3 aromatic carbocycles. The van der Waals surface area contributed by atoms with Crippen molar-refractivity contribution in [1.29, 1.82) is 0 Å². The van der Waals surface area contributed by atoms with E-state index in [1.54, 1.807) is 6.92 Å². The first-order chi connectivity index (χ1) is 15.1. The van der Waals surface area contributed by atoms with E-state index in [2.05, 4.69) is 5.32 Å². The molecule has 1 atom stereocenters. The maximum absolute atomic E-state index is 12.6. The first kappa shape index (κ1) is 20.7. The van der Waals surface area contributed by atoms with Crippen LogP contribution in [0.25, 0.3) is 11.1 Å². The molecule has 3 aromatic rings. The zero-order valence-corrected chi connectivity index (χ0v) is 17.5. The molecule has 0 aliphatic heterocycles. The second-order valence-electron chi connectivity index (χ2n) is 7.61. The van der Waals surface area contributed by atoms with E-state index in [0.717, 1.165) is 30.4 Å². The highest BCUT2D eigenvalue weighted by Gasteiger charge is 2.20. The summed E-state index contributed by atoms with van der Waals surface area (Å²) < 4.78 is 10.8. The smallest absolute Gasteiger partial charge is 0.344 e. The minimum absolute atomic E-state index is 0.239. The third-order valence-corrected chi connectivity index (χ3v) is 5.37. The topological polar surface area (TPSA) is 64.6 Å². The van der Waals surface area contributed by atoms with Crippen molar-refractivity contribution in [2.75, 3.05) is 11.9 Å². The lowest BCUT2D eigenvalue weighted by atomic mass is 10.0. The average Bonchev–Trinajstić information content (AvgIpc) is 3.26. The highest BCUT2D eigenvalue weighted by atomic mass is 16.6. The summed E-state index contributed by atoms with van der Waals surface area (Å²) in [4.78, 5) is 24.8. The number of ether oxygens (including phenoxy) is 2. The maximum Gasteiger partial charge on any atom is 0.344 e. The second-order valence-corrected chi connectivity index (χ2v) is 7.61. The van der Waals surface area contributed by atoms with Crippen LogP contribution in [0.1, 0.15) is 24.5 Å². The minimum Gasteiger partial charge on any atom is -0.482 e. The number of rotatable bonds is 7. The van der Waals surface area contributed by atoms with Gasteiger partial charge >= 0.3 is 5.97 Å². The summed E-state index contributed by atoms with van der Waals surface area (Å²) in [6, 6.07) is 23.2. The highest BCUT2D eigenvalue weighted by Crippen LogP contribution is 2.28. The van der Waals surface area contributed by atoms with Crippen molar-refractivity contribution >= 4 is 17.6 Å². The normalized spacial score (nSPS) is 13.2. The van der Waals surface area contributed by atoms with E-state index in [0.29, 0.717) is 11.4 Å². The van der Waals surface area contributed by atoms with Crippen LogP contribution in [0.3, 0.4) is 0 Å². The lowest BCUT2D eigenvalue weighted by Crippen LogP contribution is -2.31. The third kappa shape index (κ3) is 5.12. The summed E-state index contributed by atoms with van der Waals surface area (Å²) >= 11 is 0. The van der Waals surface area contributed by atoms with Gasteiger partial charge in [0.2, 0.25) is 0 Å². The Morgan fingerprint density at radius 2 is 1.68 bits per heavy atom. The standard InChI is InChI=1S/C26H25NO4/c1-18(31-25(28)17-30-22-15-14-19-10-7-11-21(19)16-22)26(29)27-24-13-6-5-12-23(24)20-8-3-2-4-9-20/h2-6,8-9,12-16,18H,7,10-11,17H2,1H3,(H,27,29)/t18-/m0/s1. The Morgan fingerprint density at radius 3 is 2.52 bits per heavy atom. The number of carbonyl (C=O) groups excluding carboxylic acids is 2. The molecule has 0 fully saturated rings. The predicted octanol–water partition coefficient (Wildman–Crippen LogP) is 4.79. The highest BCUT2D eigenvalue weighted by molar-refractivity contribution is 5.98. The van der Waals surface area contributed by atoms with Crippen LogP contribution < -0.4 is 10.1 Å². The van der Waals surface area contributed by atoms with Crippen molar-refractivity contribution in [2.24, 2.45) is 0 Å². The Labute approximate surface area is 182 Å². The fraction of sp³-hybridized carbons (Fsp3) is 0.231. The SMILES string of the molecule is C[C@H](OC(=O)COc1ccc2c(c1)CCC2)C(=O)Nc1ccccc1-c1ccccc1. The number of benzene rings is 3. The van der Waals surface area contributed by atoms with Crippen molar-refractivity contribution in [1.82, 2.24) is 0 Å². The molecule has 0 heterocycles. The first-order valence-electron chi connectivity index (χ1n) is 10.5. The van der Waals surface area contributed by atoms with E-state index < -0.39 is 18.0 Å². The fourth-order valence-corrected chi connectivity index (χ4v) is 3.76. The van der Waals surface area contributed by atoms with E-state index in [-0.39, 0.29) is 6.61 Å². The molecule has 0 radical (unpaired) electrons. The predicted molar refractivity (Wildman–Crippen MR) is 120 cm³/mol. The van der Waals surface area contributed by atoms with Crippen molar-refractivity contribution < 1.29 is 19.1 Å². The number of hydrogen-bond donors (Lipinski definition) is 1. The van der Waals surface area contributed by atoms with Gasteiger partial charge in [-0.3, -0.25) is 4.79 Å². The molecule has 1 N–H and O–H groups in total. The molecule has 158 valence electrons. The van der Waals surface area contributed by atoms with Gasteiger partial charge in [0.25, 0.3) is 5.91 Å². The Morgan fingerprint density at radius 1 is 0.935 bits per heavy atom. The number of esters is 1. The van der Waals surface area contributed by atoms with Gasteiger partial charge in [0, 0.05) is 11.3 Å². The molecule has 5 nitrogen and oxygen atoms in total. The molecular formula is C26H25NO4. The fourth-order valence-electron chi connectivity index (χ4n) is 3.76. The summed E-state index contributed by atoms with van der Waals surface area (Å²) in [5.74, 6) is -0.333. The van der Waals surface area contributed by atoms with Gasteiger partial charge in [0.15, 0.2) is 12.7 Å². The number of aryl methyl sites for hydroxylation is 2. The zero-order valence-electron chi connectivity index (χ0n) is 17.5. The molecule has 0 aromatic heterocycles. The van der Waals surface area contributed by atoms with Crippen LogP contribution >= 0.6 is 0 Å². The van der Waals surface area contributed by atoms with Gasteiger partial charge in [-0.15, -0.1) is 0 Å². The van der Waals surface area contributed by atoms with E-state index >= 15 is 0 Å². The van der Waals surface area contributed by atoms with E-state index in [9.17, 15) is 9.59 Å². The lowest BCUT2D eigenvalue weighted by Gasteiger charge is -2.16. The first-order valence-corrected chi connectivity index (χ1v) is 10.5. The van der Waals surface area contributed by atoms with E-state index in [1.807, 2.05) is 72.8 Å². The van der Waals surface area contributed by atoms with E-state index in [4.69, 9.17) is 9.47 Å². The average molecular weight is 415 g/mol. The molecule has 1 amide bonds. The number of para-hydroxylation sites is 1. The molecule has 4 rings (SSSR count). The third-order valence-electron chi connectivity index (χ3n) is 5.37. The molecule has 1 aliphatic carbocycles. The van der Waals surface area contributed by atoms with Crippen LogP contribution in [-0.2, 0) is 27.2 Å². The number of nitrogens with one attached hydrogen (secondary N) is 1. The van der Waals surface area contributed by atoms with Crippen molar-refractivity contribution in [3.63, 3.8) is 0 Å². The Kier molecular flexibility index (Phi) is 6.32. The van der Waals surface area contributed by atoms with Gasteiger partial charge in [-0.05, 0) is 61.1 Å². The lowest BCUT2D eigenvalue weighted by molar-refractivity contribution is -0.155. The summed E-state index contributed by atoms with van der Waals surface area (Å²) in [7, 11) is 0. The Hall–Kier alpha value is -3.60. The van der Waals surface area contributed by atoms with Gasteiger partial charge < -0.3 is 14.8 Å². The van der Waals surface area contributed by atoms with Crippen LogP contribution in [0.4, 0.5) is 5.69 Å². The van der Waals surface area contributed by atoms with Crippen LogP contribution in [0.15, 0.2) is 72.8 Å². The Bertz CT molecular complexity index is 1080. The van der Waals surface area contributed by atoms with Gasteiger partial charge in [-0.1, -0.05) is 54.6 Å². The molecule has 0 unspecified atom stereocenters. The van der Waals surface area contributed by atoms with Gasteiger partial charge in [0.1, 0.15) is 5.75 Å². The number of hydrogen-bond acceptors (Lipinski definition) is 4. The van der Waals surface area contributed by atoms with Crippen molar-refractivity contribution in [3.05, 3.63) is 83.9 Å². The van der Waals surface area contributed by atoms with Gasteiger partial charge in [0.05, 0.1) is 0 Å². The van der Waals surface area contributed by atoms with Crippen molar-refractivity contribution in [2.45, 2.75) is 32.3 Å². The molecule has 0 saturated carbocycles. The molecule has 5 heteroatoms. The number of anilines is 1. The summed E-state index contributed by atoms with van der Waals surface area (Å²) in [6.07, 6.45) is 2.34. The second kappa shape index (κ2) is 9.47. The van der Waals surface area contributed by atoms with Crippen LogP contribution in [-0.4, -0.2) is 24.6 Å². The number of fused-ring (bicyclic) bond motifs is 1. The largest absolute Gasteiger partial charge is 0.482 e. The van der Waals surface area contributed by atoms with Crippen LogP contribution in [0.2, 0.25) is 0 Å². The van der Waals surface area contributed by atoms with Crippen LogP contribution in [0, 0.1) is 0 Å². The van der Waals surface area contributed by atoms with Crippen LogP contribution in [0.5, 0.6) is 5.75 Å². The van der Waals surface area contributed by atoms with E-state index in [1.165, 1.54) is 11.1 Å². The monoisotopic (exact) mass is 415 g/mol. The van der Waals surface area contributed by atoms with Gasteiger partial charge in [-0.2, -0.15) is 0 Å².